The van der Waals surface area contributed by atoms with Crippen molar-refractivity contribution in [2.45, 2.75) is 53.2 Å². The minimum Gasteiger partial charge on any atom is -0.377 e. The molecule has 0 unspecified atom stereocenters. The van der Waals surface area contributed by atoms with E-state index >= 15 is 0 Å². The highest BCUT2D eigenvalue weighted by Crippen LogP contribution is 2.07. The molecule has 0 amide bonds. The third-order valence-corrected chi connectivity index (χ3v) is 3.33. The lowest BCUT2D eigenvalue weighted by atomic mass is 10.1. The molecule has 0 spiro atoms. The molecular formula is C18H32IN3O. The van der Waals surface area contributed by atoms with Crippen LogP contribution in [0.25, 0.3) is 0 Å². The number of rotatable bonds is 10. The van der Waals surface area contributed by atoms with E-state index in [0.29, 0.717) is 13.2 Å². The van der Waals surface area contributed by atoms with Gasteiger partial charge in [-0.1, -0.05) is 44.0 Å². The third-order valence-electron chi connectivity index (χ3n) is 3.33. The van der Waals surface area contributed by atoms with Crippen LogP contribution in [0, 0.1) is 0 Å². The Morgan fingerprint density at radius 2 is 1.70 bits per heavy atom. The predicted molar refractivity (Wildman–Crippen MR) is 110 cm³/mol. The topological polar surface area (TPSA) is 45.7 Å². The van der Waals surface area contributed by atoms with Crippen LogP contribution in [0.3, 0.4) is 0 Å². The first-order valence-corrected chi connectivity index (χ1v) is 8.47. The van der Waals surface area contributed by atoms with E-state index in [4.69, 9.17) is 4.74 Å². The molecule has 0 aromatic heterocycles. The second-order valence-corrected chi connectivity index (χ2v) is 5.28. The van der Waals surface area contributed by atoms with Gasteiger partial charge in [0.25, 0.3) is 0 Å². The van der Waals surface area contributed by atoms with Gasteiger partial charge in [0.15, 0.2) is 5.96 Å². The summed E-state index contributed by atoms with van der Waals surface area (Å²) in [5, 5.41) is 6.67. The lowest BCUT2D eigenvalue weighted by Crippen LogP contribution is -2.37. The smallest absolute Gasteiger partial charge is 0.191 e. The van der Waals surface area contributed by atoms with E-state index in [9.17, 15) is 0 Å². The minimum atomic E-state index is 0. The Labute approximate surface area is 158 Å². The molecule has 0 fully saturated rings. The molecular weight excluding hydrogens is 401 g/mol. The van der Waals surface area contributed by atoms with Crippen molar-refractivity contribution in [2.75, 3.05) is 19.7 Å². The molecule has 0 bridgehead atoms. The molecule has 1 rings (SSSR count). The number of aliphatic imine (C=N–C) groups is 1. The Morgan fingerprint density at radius 1 is 1.00 bits per heavy atom. The molecule has 132 valence electrons. The Morgan fingerprint density at radius 3 is 2.30 bits per heavy atom. The number of benzene rings is 1. The number of nitrogens with one attached hydrogen (secondary N) is 2. The van der Waals surface area contributed by atoms with Crippen molar-refractivity contribution in [1.82, 2.24) is 10.6 Å². The van der Waals surface area contributed by atoms with Crippen molar-refractivity contribution in [3.05, 3.63) is 35.4 Å². The lowest BCUT2D eigenvalue weighted by Gasteiger charge is -2.11. The molecule has 0 saturated heterocycles. The van der Waals surface area contributed by atoms with Crippen molar-refractivity contribution >= 4 is 29.9 Å². The quantitative estimate of drug-likeness (QED) is 0.253. The minimum absolute atomic E-state index is 0. The van der Waals surface area contributed by atoms with Crippen LogP contribution in [0.2, 0.25) is 0 Å². The molecule has 0 aliphatic rings. The van der Waals surface area contributed by atoms with Gasteiger partial charge in [-0.25, -0.2) is 4.99 Å². The third kappa shape index (κ3) is 10.5. The summed E-state index contributed by atoms with van der Waals surface area (Å²) < 4.78 is 5.41. The summed E-state index contributed by atoms with van der Waals surface area (Å²) >= 11 is 0. The highest BCUT2D eigenvalue weighted by molar-refractivity contribution is 14.0. The van der Waals surface area contributed by atoms with Gasteiger partial charge >= 0.3 is 0 Å². The second-order valence-electron chi connectivity index (χ2n) is 5.28. The maximum Gasteiger partial charge on any atom is 0.191 e. The van der Waals surface area contributed by atoms with E-state index in [1.165, 1.54) is 30.4 Å². The summed E-state index contributed by atoms with van der Waals surface area (Å²) in [5.41, 5.74) is 2.42. The highest BCUT2D eigenvalue weighted by Gasteiger charge is 1.98. The Balaban J connectivity index is 0.00000484. The number of guanidine groups is 1. The van der Waals surface area contributed by atoms with Gasteiger partial charge in [0, 0.05) is 19.7 Å². The number of nitrogens with zero attached hydrogens (tertiary/aromatic N) is 1. The summed E-state index contributed by atoms with van der Waals surface area (Å²) in [5.74, 6) is 0.900. The van der Waals surface area contributed by atoms with E-state index in [1.807, 2.05) is 6.92 Å². The summed E-state index contributed by atoms with van der Waals surface area (Å²) in [6.07, 6.45) is 3.68. The molecule has 1 aromatic carbocycles. The molecule has 0 radical (unpaired) electrons. The first kappa shape index (κ1) is 22.2. The van der Waals surface area contributed by atoms with E-state index in [2.05, 4.69) is 53.7 Å². The summed E-state index contributed by atoms with van der Waals surface area (Å²) in [6.45, 7) is 10.3. The second kappa shape index (κ2) is 14.8. The van der Waals surface area contributed by atoms with Gasteiger partial charge in [-0.3, -0.25) is 0 Å². The largest absolute Gasteiger partial charge is 0.377 e. The number of halogens is 1. The van der Waals surface area contributed by atoms with Crippen LogP contribution < -0.4 is 10.6 Å². The molecule has 0 heterocycles. The molecule has 4 nitrogen and oxygen atoms in total. The molecule has 23 heavy (non-hydrogen) atoms. The van der Waals surface area contributed by atoms with E-state index in [0.717, 1.165) is 25.7 Å². The van der Waals surface area contributed by atoms with E-state index in [1.54, 1.807) is 0 Å². The van der Waals surface area contributed by atoms with Crippen molar-refractivity contribution in [3.63, 3.8) is 0 Å². The summed E-state index contributed by atoms with van der Waals surface area (Å²) in [7, 11) is 0. The zero-order valence-electron chi connectivity index (χ0n) is 14.7. The highest BCUT2D eigenvalue weighted by atomic mass is 127. The van der Waals surface area contributed by atoms with E-state index < -0.39 is 0 Å². The van der Waals surface area contributed by atoms with Crippen LogP contribution in [0.4, 0.5) is 0 Å². The Hall–Kier alpha value is -0.820. The van der Waals surface area contributed by atoms with Crippen molar-refractivity contribution in [3.8, 4) is 0 Å². The number of hydrogen-bond donors (Lipinski definition) is 2. The van der Waals surface area contributed by atoms with E-state index in [-0.39, 0.29) is 24.0 Å². The van der Waals surface area contributed by atoms with Gasteiger partial charge in [-0.05, 0) is 31.4 Å². The van der Waals surface area contributed by atoms with Crippen LogP contribution in [0.15, 0.2) is 29.3 Å². The Kier molecular flexibility index (Phi) is 14.2. The first-order chi connectivity index (χ1) is 10.8. The zero-order valence-corrected chi connectivity index (χ0v) is 17.1. The van der Waals surface area contributed by atoms with Crippen LogP contribution in [0.1, 0.15) is 51.2 Å². The molecule has 5 heteroatoms. The number of hydrogen-bond acceptors (Lipinski definition) is 2. The molecule has 0 atom stereocenters. The monoisotopic (exact) mass is 433 g/mol. The maximum absolute atomic E-state index is 5.41. The SMILES string of the molecule is CCCCCNC(=NCc1ccc(COCC)cc1)NCC.I. The standard InChI is InChI=1S/C18H31N3O.HI/c1-4-7-8-13-20-18(19-5-2)21-14-16-9-11-17(12-10-16)15-22-6-3;/h9-12H,4-8,13-15H2,1-3H3,(H2,19,20,21);1H. The summed E-state index contributed by atoms with van der Waals surface area (Å²) in [6, 6.07) is 8.47. The van der Waals surface area contributed by atoms with Crippen LogP contribution >= 0.6 is 24.0 Å². The van der Waals surface area contributed by atoms with Gasteiger partial charge in [-0.15, -0.1) is 24.0 Å². The molecule has 1 aromatic rings. The van der Waals surface area contributed by atoms with Gasteiger partial charge in [0.1, 0.15) is 0 Å². The van der Waals surface area contributed by atoms with Crippen LogP contribution in [-0.4, -0.2) is 25.7 Å². The maximum atomic E-state index is 5.41. The molecule has 2 N–H and O–H groups in total. The van der Waals surface area contributed by atoms with Gasteiger partial charge in [0.2, 0.25) is 0 Å². The zero-order chi connectivity index (χ0) is 16.0. The molecule has 0 aliphatic carbocycles. The average Bonchev–Trinajstić information content (AvgIpc) is 2.55. The van der Waals surface area contributed by atoms with Crippen LogP contribution in [0.5, 0.6) is 0 Å². The Bertz CT molecular complexity index is 421. The lowest BCUT2D eigenvalue weighted by molar-refractivity contribution is 0.134. The van der Waals surface area contributed by atoms with Crippen molar-refractivity contribution in [2.24, 2.45) is 4.99 Å². The normalized spacial score (nSPS) is 11.0. The van der Waals surface area contributed by atoms with Gasteiger partial charge in [-0.2, -0.15) is 0 Å². The van der Waals surface area contributed by atoms with Crippen LogP contribution in [-0.2, 0) is 17.9 Å². The van der Waals surface area contributed by atoms with Gasteiger partial charge < -0.3 is 15.4 Å². The number of ether oxygens (including phenoxy) is 1. The fourth-order valence-electron chi connectivity index (χ4n) is 2.05. The van der Waals surface area contributed by atoms with Crippen molar-refractivity contribution < 1.29 is 4.74 Å². The fraction of sp³-hybridized carbons (Fsp3) is 0.611. The predicted octanol–water partition coefficient (Wildman–Crippen LogP) is 4.09. The van der Waals surface area contributed by atoms with Gasteiger partial charge in [0.05, 0.1) is 13.2 Å². The fourth-order valence-corrected chi connectivity index (χ4v) is 2.05. The van der Waals surface area contributed by atoms with Crippen molar-refractivity contribution in [1.29, 1.82) is 0 Å². The first-order valence-electron chi connectivity index (χ1n) is 8.47. The number of unbranched alkanes of at least 4 members (excludes halogenated alkanes) is 2. The summed E-state index contributed by atoms with van der Waals surface area (Å²) in [4.78, 5) is 4.64. The molecule has 0 saturated carbocycles. The average molecular weight is 433 g/mol. The molecule has 0 aliphatic heterocycles.